The average Bonchev–Trinajstić information content (AvgIpc) is 3.38. The predicted molar refractivity (Wildman–Crippen MR) is 296 cm³/mol. The lowest BCUT2D eigenvalue weighted by Gasteiger charge is -2.41. The summed E-state index contributed by atoms with van der Waals surface area (Å²) in [6, 6.07) is -1.04. The molecule has 0 spiro atoms. The Kier molecular flexibility index (Phi) is 46.1. The number of ether oxygens (including phenoxy) is 3. The van der Waals surface area contributed by atoms with Gasteiger partial charge in [0.05, 0.1) is 25.4 Å². The summed E-state index contributed by atoms with van der Waals surface area (Å²) < 4.78 is 17.6. The quantitative estimate of drug-likeness (QED) is 0.0149. The van der Waals surface area contributed by atoms with E-state index in [4.69, 9.17) is 14.2 Å². The highest BCUT2D eigenvalue weighted by atomic mass is 16.7. The second kappa shape index (κ2) is 49.2. The van der Waals surface area contributed by atoms with Crippen LogP contribution in [0.5, 0.6) is 0 Å². The second-order valence-corrected chi connectivity index (χ2v) is 20.4. The van der Waals surface area contributed by atoms with Gasteiger partial charge in [0.15, 0.2) is 12.4 Å². The number of rotatable bonds is 49. The van der Waals surface area contributed by atoms with E-state index in [0.717, 1.165) is 70.6 Å². The maximum absolute atomic E-state index is 13.4. The van der Waals surface area contributed by atoms with E-state index in [9.17, 15) is 35.1 Å². The molecule has 1 fully saturated rings. The normalized spacial score (nSPS) is 19.9. The molecule has 0 bridgehead atoms. The Morgan fingerprint density at radius 2 is 1.00 bits per heavy atom. The third kappa shape index (κ3) is 37.1. The Morgan fingerprint density at radius 1 is 0.556 bits per heavy atom. The van der Waals surface area contributed by atoms with Crippen LogP contribution in [-0.2, 0) is 23.8 Å². The average molecular weight is 1020 g/mol. The van der Waals surface area contributed by atoms with E-state index in [1.54, 1.807) is 6.08 Å². The molecule has 6 N–H and O–H groups in total. The first kappa shape index (κ1) is 67.4. The van der Waals surface area contributed by atoms with Crippen molar-refractivity contribution in [3.63, 3.8) is 0 Å². The van der Waals surface area contributed by atoms with Crippen LogP contribution in [0.1, 0.15) is 252 Å². The molecule has 0 saturated carbocycles. The Bertz CT molecular complexity index is 1400. The van der Waals surface area contributed by atoms with Gasteiger partial charge in [-0.25, -0.2) is 0 Å². The minimum Gasteiger partial charge on any atom is -0.454 e. The predicted octanol–water partition coefficient (Wildman–Crippen LogP) is 13.4. The number of hydrogen-bond acceptors (Lipinski definition) is 10. The van der Waals surface area contributed by atoms with Crippen molar-refractivity contribution >= 4 is 11.9 Å². The van der Waals surface area contributed by atoms with E-state index < -0.39 is 67.4 Å². The molecule has 1 saturated heterocycles. The molecule has 0 aromatic heterocycles. The van der Waals surface area contributed by atoms with Gasteiger partial charge in [-0.05, 0) is 44.9 Å². The first-order valence-corrected chi connectivity index (χ1v) is 29.6. The summed E-state index contributed by atoms with van der Waals surface area (Å²) in [5, 5.41) is 56.8. The van der Waals surface area contributed by atoms with Crippen molar-refractivity contribution in [3.8, 4) is 0 Å². The van der Waals surface area contributed by atoms with Crippen LogP contribution in [0, 0.1) is 0 Å². The van der Waals surface area contributed by atoms with Crippen molar-refractivity contribution < 1.29 is 49.3 Å². The molecule has 72 heavy (non-hydrogen) atoms. The maximum Gasteiger partial charge on any atom is 0.306 e. The monoisotopic (exact) mass is 1020 g/mol. The molecule has 0 aromatic rings. The fourth-order valence-corrected chi connectivity index (χ4v) is 9.07. The van der Waals surface area contributed by atoms with Gasteiger partial charge < -0.3 is 45.1 Å². The number of amides is 1. The highest BCUT2D eigenvalue weighted by molar-refractivity contribution is 5.80. The number of hydrogen-bond donors (Lipinski definition) is 6. The minimum absolute atomic E-state index is 0.122. The number of aliphatic hydroxyl groups is 5. The Hall–Kier alpha value is -2.64. The van der Waals surface area contributed by atoms with E-state index >= 15 is 0 Å². The number of allylic oxidation sites excluding steroid dienone is 9. The smallest absolute Gasteiger partial charge is 0.306 e. The summed E-state index contributed by atoms with van der Waals surface area (Å²) >= 11 is 0. The third-order valence-electron chi connectivity index (χ3n) is 13.8. The van der Waals surface area contributed by atoms with Crippen LogP contribution in [0.4, 0.5) is 0 Å². The molecule has 11 nitrogen and oxygen atoms in total. The molecule has 1 rings (SSSR count). The number of carbonyl (C=O) groups is 2. The number of esters is 1. The van der Waals surface area contributed by atoms with Crippen LogP contribution in [0.2, 0.25) is 0 Å². The fourth-order valence-electron chi connectivity index (χ4n) is 9.07. The Labute approximate surface area is 439 Å². The van der Waals surface area contributed by atoms with Gasteiger partial charge in [-0.2, -0.15) is 0 Å². The van der Waals surface area contributed by atoms with E-state index in [2.05, 4.69) is 38.2 Å². The number of unbranched alkanes of at least 4 members (excludes halogenated alkanes) is 30. The molecule has 0 aliphatic carbocycles. The molecular weight excluding hydrogens is 907 g/mol. The van der Waals surface area contributed by atoms with Crippen molar-refractivity contribution in [1.82, 2.24) is 5.32 Å². The molecule has 1 aliphatic heterocycles. The van der Waals surface area contributed by atoms with Gasteiger partial charge in [0.1, 0.15) is 24.4 Å². The van der Waals surface area contributed by atoms with Crippen LogP contribution in [0.3, 0.4) is 0 Å². The van der Waals surface area contributed by atoms with E-state index in [1.807, 2.05) is 42.5 Å². The van der Waals surface area contributed by atoms with Crippen LogP contribution >= 0.6 is 0 Å². The van der Waals surface area contributed by atoms with Gasteiger partial charge in [-0.15, -0.1) is 0 Å². The van der Waals surface area contributed by atoms with Crippen molar-refractivity contribution in [3.05, 3.63) is 60.8 Å². The van der Waals surface area contributed by atoms with Crippen LogP contribution in [0.25, 0.3) is 0 Å². The van der Waals surface area contributed by atoms with Crippen LogP contribution in [0.15, 0.2) is 60.8 Å². The minimum atomic E-state index is -1.62. The topological polar surface area (TPSA) is 175 Å². The maximum atomic E-state index is 13.4. The van der Waals surface area contributed by atoms with Crippen LogP contribution < -0.4 is 5.32 Å². The summed E-state index contributed by atoms with van der Waals surface area (Å²) in [5.41, 5.74) is 0. The zero-order valence-corrected chi connectivity index (χ0v) is 46.0. The zero-order valence-electron chi connectivity index (χ0n) is 46.0. The highest BCUT2D eigenvalue weighted by Crippen LogP contribution is 2.26. The summed E-state index contributed by atoms with van der Waals surface area (Å²) in [7, 11) is 0. The standard InChI is InChI=1S/C61H109NO10/c1-4-7-10-13-16-19-22-25-27-28-29-31-34-37-40-43-46-49-56(66)72-59-58(68)57(67)55(50-63)71-61(59)70-51-52(53(64)47-44-41-38-35-32-24-21-18-15-12-9-6-3)62-60(69)54(65)48-45-42-39-36-33-30-26-23-20-17-14-11-8-5-2/h8,11,14,17,20,23,26,30,44,47,52-55,57-59,61,63-65,67-68H,4-7,9-10,12-13,15-16,18-19,21-22,24-25,27-29,31-43,45-46,48-51H2,1-3H3,(H,62,69)/b11-8+,17-14+,23-20+,30-26-,47-44+. The largest absolute Gasteiger partial charge is 0.454 e. The van der Waals surface area contributed by atoms with E-state index in [-0.39, 0.29) is 19.4 Å². The molecule has 418 valence electrons. The third-order valence-corrected chi connectivity index (χ3v) is 13.8. The van der Waals surface area contributed by atoms with Gasteiger partial charge >= 0.3 is 5.97 Å². The van der Waals surface area contributed by atoms with Gasteiger partial charge in [0, 0.05) is 6.42 Å². The lowest BCUT2D eigenvalue weighted by molar-refractivity contribution is -0.305. The molecule has 8 unspecified atom stereocenters. The lowest BCUT2D eigenvalue weighted by atomic mass is 9.99. The summed E-state index contributed by atoms with van der Waals surface area (Å²) in [5.74, 6) is -1.22. The van der Waals surface area contributed by atoms with Gasteiger partial charge in [0.2, 0.25) is 5.91 Å². The van der Waals surface area contributed by atoms with Gasteiger partial charge in [-0.3, -0.25) is 9.59 Å². The van der Waals surface area contributed by atoms with Gasteiger partial charge in [-0.1, -0.05) is 261 Å². The van der Waals surface area contributed by atoms with Crippen molar-refractivity contribution in [1.29, 1.82) is 0 Å². The Morgan fingerprint density at radius 3 is 1.50 bits per heavy atom. The van der Waals surface area contributed by atoms with Gasteiger partial charge in [0.25, 0.3) is 0 Å². The summed E-state index contributed by atoms with van der Waals surface area (Å²) in [6.45, 7) is 5.63. The number of aliphatic hydroxyl groups excluding tert-OH is 5. The molecule has 1 heterocycles. The zero-order chi connectivity index (χ0) is 52.5. The lowest BCUT2D eigenvalue weighted by Crippen LogP contribution is -2.61. The first-order valence-electron chi connectivity index (χ1n) is 29.6. The first-order chi connectivity index (χ1) is 35.2. The molecule has 1 aliphatic rings. The van der Waals surface area contributed by atoms with Crippen molar-refractivity contribution in [2.75, 3.05) is 13.2 Å². The Balaban J connectivity index is 2.72. The fraction of sp³-hybridized carbons (Fsp3) is 0.803. The van der Waals surface area contributed by atoms with Crippen LogP contribution in [-0.4, -0.2) is 99.6 Å². The summed E-state index contributed by atoms with van der Waals surface area (Å²) in [4.78, 5) is 26.5. The molecule has 1 amide bonds. The van der Waals surface area contributed by atoms with Crippen molar-refractivity contribution in [2.45, 2.75) is 301 Å². The SMILES string of the molecule is CC/C=C/C=C/C=C/C=C\CCCCCCC(O)C(=O)NC(COC1OC(CO)C(O)C(O)C1OC(=O)CCCCCCCCCCCCCCCCCCC)C(O)/C=C/CCCCCCCCCCCC. The van der Waals surface area contributed by atoms with E-state index in [1.165, 1.54) is 135 Å². The molecule has 8 atom stereocenters. The molecule has 0 aromatic carbocycles. The number of nitrogens with one attached hydrogen (secondary N) is 1. The highest BCUT2D eigenvalue weighted by Gasteiger charge is 2.47. The molecule has 11 heteroatoms. The van der Waals surface area contributed by atoms with Crippen molar-refractivity contribution in [2.24, 2.45) is 0 Å². The second-order valence-electron chi connectivity index (χ2n) is 20.4. The van der Waals surface area contributed by atoms with E-state index in [0.29, 0.717) is 12.8 Å². The summed E-state index contributed by atoms with van der Waals surface area (Å²) in [6.07, 6.45) is 49.7. The molecule has 0 radical (unpaired) electrons. The molecular formula is C61H109NO10. The number of carbonyl (C=O) groups excluding carboxylic acids is 2.